The van der Waals surface area contributed by atoms with Gasteiger partial charge in [0.1, 0.15) is 24.2 Å². The van der Waals surface area contributed by atoms with E-state index in [1.165, 1.54) is 12.1 Å². The van der Waals surface area contributed by atoms with Crippen molar-refractivity contribution in [3.8, 4) is 11.5 Å². The van der Waals surface area contributed by atoms with Crippen LogP contribution in [-0.2, 0) is 49.3 Å². The minimum Gasteiger partial charge on any atom is -0.507 e. The lowest BCUT2D eigenvalue weighted by Gasteiger charge is -2.43. The van der Waals surface area contributed by atoms with E-state index in [1.54, 1.807) is 24.3 Å². The number of benzene rings is 2. The Morgan fingerprint density at radius 3 is 1.95 bits per heavy atom. The van der Waals surface area contributed by atoms with Crippen molar-refractivity contribution in [2.24, 2.45) is 0 Å². The van der Waals surface area contributed by atoms with Crippen LogP contribution < -0.4 is 4.74 Å². The van der Waals surface area contributed by atoms with Crippen LogP contribution in [0.25, 0.3) is 0 Å². The molecule has 0 spiro atoms. The molecule has 3 rings (SSSR count). The number of hydrogen-bond acceptors (Lipinski definition) is 12. The summed E-state index contributed by atoms with van der Waals surface area (Å²) in [6.07, 6.45) is -6.93. The van der Waals surface area contributed by atoms with E-state index in [2.05, 4.69) is 0 Å². The third-order valence-electron chi connectivity index (χ3n) is 5.75. The molecule has 1 heterocycles. The molecule has 1 fully saturated rings. The van der Waals surface area contributed by atoms with E-state index in [4.69, 9.17) is 40.0 Å². The van der Waals surface area contributed by atoms with Gasteiger partial charge in [0.05, 0.1) is 5.56 Å². The molecular weight excluding hydrogens is 564 g/mol. The van der Waals surface area contributed by atoms with Gasteiger partial charge in [-0.15, -0.1) is 0 Å². The maximum atomic E-state index is 12.8. The monoisotopic (exact) mass is 592 g/mol. The molecule has 1 saturated heterocycles. The maximum absolute atomic E-state index is 12.8. The zero-order chi connectivity index (χ0) is 30.3. The predicted octanol–water partition coefficient (Wildman–Crippen LogP) is 2.93. The van der Waals surface area contributed by atoms with E-state index < -0.39 is 66.9 Å². The van der Waals surface area contributed by atoms with E-state index in [1.807, 2.05) is 0 Å². The Morgan fingerprint density at radius 1 is 0.805 bits per heavy atom. The zero-order valence-electron chi connectivity index (χ0n) is 22.7. The quantitative estimate of drug-likeness (QED) is 0.244. The number of hydrogen-bond donors (Lipinski definition) is 1. The average molecular weight is 593 g/mol. The Hall–Kier alpha value is -4.16. The van der Waals surface area contributed by atoms with E-state index in [0.29, 0.717) is 10.6 Å². The lowest BCUT2D eigenvalue weighted by Crippen LogP contribution is -2.63. The maximum Gasteiger partial charge on any atom is 0.303 e. The summed E-state index contributed by atoms with van der Waals surface area (Å²) in [6.45, 7) is 4.03. The highest BCUT2D eigenvalue weighted by molar-refractivity contribution is 6.30. The number of phenolic OH excluding ortho intramolecular Hbond substituents is 1. The number of aromatic hydroxyl groups is 1. The van der Waals surface area contributed by atoms with Crippen LogP contribution in [0.2, 0.25) is 5.02 Å². The van der Waals surface area contributed by atoms with Gasteiger partial charge in [0.15, 0.2) is 18.0 Å². The van der Waals surface area contributed by atoms with E-state index in [-0.39, 0.29) is 23.5 Å². The molecule has 2 aromatic rings. The SMILES string of the molecule is CC(=O)OC[C@@H]1O[C@@H](Oc2ccc(C(=O)Cc3ccc(Cl)cc3)c(O)c2)[C@H](OC(C)=O)[C@H](OC(C)=O)[C@@H]1OC(C)=O. The summed E-state index contributed by atoms with van der Waals surface area (Å²) in [5.74, 6) is -3.80. The van der Waals surface area contributed by atoms with Gasteiger partial charge in [-0.1, -0.05) is 23.7 Å². The average Bonchev–Trinajstić information content (AvgIpc) is 2.87. The topological polar surface area (TPSA) is 161 Å². The first-order valence-electron chi connectivity index (χ1n) is 12.4. The third kappa shape index (κ3) is 8.92. The Morgan fingerprint density at radius 2 is 1.39 bits per heavy atom. The summed E-state index contributed by atoms with van der Waals surface area (Å²) in [4.78, 5) is 60.1. The number of rotatable bonds is 10. The molecule has 0 aliphatic carbocycles. The smallest absolute Gasteiger partial charge is 0.303 e. The van der Waals surface area contributed by atoms with Crippen molar-refractivity contribution >= 4 is 41.3 Å². The molecule has 0 bridgehead atoms. The molecule has 41 heavy (non-hydrogen) atoms. The molecule has 0 radical (unpaired) electrons. The molecule has 12 nitrogen and oxygen atoms in total. The highest BCUT2D eigenvalue weighted by atomic mass is 35.5. The molecule has 0 unspecified atom stereocenters. The summed E-state index contributed by atoms with van der Waals surface area (Å²) in [5, 5.41) is 11.1. The summed E-state index contributed by atoms with van der Waals surface area (Å²) in [7, 11) is 0. The number of Topliss-reactive ketones (excluding diaryl/α,β-unsaturated/α-hetero) is 1. The van der Waals surface area contributed by atoms with Gasteiger partial charge in [-0.3, -0.25) is 24.0 Å². The van der Waals surface area contributed by atoms with Crippen molar-refractivity contribution < 1.29 is 57.5 Å². The fourth-order valence-electron chi connectivity index (χ4n) is 4.12. The molecular formula is C28H29ClO12. The summed E-state index contributed by atoms with van der Waals surface area (Å²) in [6, 6.07) is 10.6. The minimum absolute atomic E-state index is 0.00459. The number of carbonyl (C=O) groups excluding carboxylic acids is 5. The van der Waals surface area contributed by atoms with Gasteiger partial charge in [0, 0.05) is 45.2 Å². The number of ketones is 1. The molecule has 0 aromatic heterocycles. The fourth-order valence-corrected chi connectivity index (χ4v) is 4.25. The van der Waals surface area contributed by atoms with Crippen LogP contribution in [0.3, 0.4) is 0 Å². The minimum atomic E-state index is -1.49. The first-order chi connectivity index (χ1) is 19.3. The first-order valence-corrected chi connectivity index (χ1v) is 12.8. The Bertz CT molecular complexity index is 1290. The van der Waals surface area contributed by atoms with Crippen molar-refractivity contribution in [2.75, 3.05) is 6.61 Å². The van der Waals surface area contributed by atoms with Crippen molar-refractivity contribution in [2.45, 2.75) is 64.8 Å². The molecule has 0 saturated carbocycles. The van der Waals surface area contributed by atoms with Crippen molar-refractivity contribution in [1.82, 2.24) is 0 Å². The predicted molar refractivity (Wildman–Crippen MR) is 140 cm³/mol. The van der Waals surface area contributed by atoms with Gasteiger partial charge in [-0.2, -0.15) is 0 Å². The fraction of sp³-hybridized carbons (Fsp3) is 0.393. The van der Waals surface area contributed by atoms with Crippen molar-refractivity contribution in [3.05, 3.63) is 58.6 Å². The highest BCUT2D eigenvalue weighted by Crippen LogP contribution is 2.33. The summed E-state index contributed by atoms with van der Waals surface area (Å²) in [5.41, 5.74) is 0.713. The Kier molecular flexibility index (Phi) is 10.7. The molecule has 1 N–H and O–H groups in total. The normalized spacial score (nSPS) is 21.7. The second kappa shape index (κ2) is 14.0. The van der Waals surface area contributed by atoms with Crippen LogP contribution in [0, 0.1) is 0 Å². The van der Waals surface area contributed by atoms with Crippen molar-refractivity contribution in [1.29, 1.82) is 0 Å². The van der Waals surface area contributed by atoms with E-state index >= 15 is 0 Å². The second-order valence-corrected chi connectivity index (χ2v) is 9.53. The highest BCUT2D eigenvalue weighted by Gasteiger charge is 2.53. The van der Waals surface area contributed by atoms with Crippen LogP contribution in [0.5, 0.6) is 11.5 Å². The van der Waals surface area contributed by atoms with Crippen LogP contribution in [0.15, 0.2) is 42.5 Å². The molecule has 5 atom stereocenters. The van der Waals surface area contributed by atoms with Gasteiger partial charge in [0.25, 0.3) is 0 Å². The first kappa shape index (κ1) is 31.4. The van der Waals surface area contributed by atoms with Crippen LogP contribution in [0.4, 0.5) is 0 Å². The lowest BCUT2D eigenvalue weighted by atomic mass is 9.98. The van der Waals surface area contributed by atoms with Crippen LogP contribution >= 0.6 is 11.6 Å². The Labute approximate surface area is 240 Å². The lowest BCUT2D eigenvalue weighted by molar-refractivity contribution is -0.288. The van der Waals surface area contributed by atoms with Gasteiger partial charge in [-0.05, 0) is 29.8 Å². The summed E-state index contributed by atoms with van der Waals surface area (Å²) < 4.78 is 32.8. The van der Waals surface area contributed by atoms with Crippen LogP contribution in [0.1, 0.15) is 43.6 Å². The largest absolute Gasteiger partial charge is 0.507 e. The van der Waals surface area contributed by atoms with Gasteiger partial charge >= 0.3 is 23.9 Å². The van der Waals surface area contributed by atoms with Crippen molar-refractivity contribution in [3.63, 3.8) is 0 Å². The molecule has 13 heteroatoms. The number of phenols is 1. The Balaban J connectivity index is 1.90. The van der Waals surface area contributed by atoms with E-state index in [9.17, 15) is 29.1 Å². The molecule has 2 aromatic carbocycles. The van der Waals surface area contributed by atoms with E-state index in [0.717, 1.165) is 33.8 Å². The molecule has 0 amide bonds. The third-order valence-corrected chi connectivity index (χ3v) is 6.00. The molecule has 1 aliphatic rings. The summed E-state index contributed by atoms with van der Waals surface area (Å²) >= 11 is 5.89. The second-order valence-electron chi connectivity index (χ2n) is 9.09. The molecule has 1 aliphatic heterocycles. The number of carbonyl (C=O) groups is 5. The standard InChI is InChI=1S/C28H29ClO12/c1-14(30)36-13-24-25(37-15(2)31)26(38-16(3)32)27(39-17(4)33)28(41-24)40-20-9-10-21(23(35)12-20)22(34)11-18-5-7-19(29)8-6-18/h5-10,12,24-28,35H,11,13H2,1-4H3/t24-,25+,26+,27+,28+/m0/s1. The number of ether oxygens (including phenoxy) is 6. The van der Waals surface area contributed by atoms with Gasteiger partial charge in [0.2, 0.25) is 12.4 Å². The van der Waals surface area contributed by atoms with Gasteiger partial charge in [-0.25, -0.2) is 0 Å². The molecule has 220 valence electrons. The van der Waals surface area contributed by atoms with Crippen LogP contribution in [-0.4, -0.2) is 72.1 Å². The zero-order valence-corrected chi connectivity index (χ0v) is 23.4. The number of halogens is 1. The van der Waals surface area contributed by atoms with Gasteiger partial charge < -0.3 is 33.5 Å². The number of esters is 4.